The Hall–Kier alpha value is -2.16. The molecule has 26 heavy (non-hydrogen) atoms. The van der Waals surface area contributed by atoms with Gasteiger partial charge in [-0.25, -0.2) is 4.79 Å². The molecule has 2 aliphatic rings. The number of aliphatic hydroxyl groups is 1. The number of amides is 2. The van der Waals surface area contributed by atoms with Crippen LogP contribution >= 0.6 is 0 Å². The summed E-state index contributed by atoms with van der Waals surface area (Å²) in [5.74, 6) is -2.97. The van der Waals surface area contributed by atoms with Crippen molar-refractivity contribution in [2.45, 2.75) is 51.3 Å². The Morgan fingerprint density at radius 1 is 1.31 bits per heavy atom. The highest BCUT2D eigenvalue weighted by Gasteiger charge is 2.73. The van der Waals surface area contributed by atoms with Crippen LogP contribution in [0.2, 0.25) is 0 Å². The Morgan fingerprint density at radius 2 is 1.96 bits per heavy atom. The van der Waals surface area contributed by atoms with E-state index in [-0.39, 0.29) is 37.2 Å². The van der Waals surface area contributed by atoms with Gasteiger partial charge in [-0.15, -0.1) is 0 Å². The van der Waals surface area contributed by atoms with Crippen molar-refractivity contribution in [2.24, 2.45) is 17.8 Å². The largest absolute Gasteiger partial charge is 0.469 e. The van der Waals surface area contributed by atoms with Crippen molar-refractivity contribution >= 4 is 23.8 Å². The molecule has 0 unspecified atom stereocenters. The molecule has 0 bridgehead atoms. The molecule has 146 valence electrons. The first-order chi connectivity index (χ1) is 12.2. The highest BCUT2D eigenvalue weighted by atomic mass is 16.5. The van der Waals surface area contributed by atoms with Crippen LogP contribution in [-0.4, -0.2) is 60.3 Å². The number of methoxy groups -OCH3 is 1. The van der Waals surface area contributed by atoms with Gasteiger partial charge in [-0.05, 0) is 25.7 Å². The molecule has 3 N–H and O–H groups in total. The number of nitrogens with one attached hydrogen (secondary N) is 2. The number of hydrogen-bond donors (Lipinski definition) is 3. The molecule has 9 heteroatoms. The monoisotopic (exact) mass is 370 g/mol. The van der Waals surface area contributed by atoms with Crippen LogP contribution in [0.5, 0.6) is 0 Å². The second-order valence-electron chi connectivity index (χ2n) is 6.92. The number of carbonyl (C=O) groups is 4. The maximum atomic E-state index is 12.7. The molecule has 0 spiro atoms. The van der Waals surface area contributed by atoms with Crippen LogP contribution in [0.4, 0.5) is 0 Å². The first kappa shape index (κ1) is 20.2. The Kier molecular flexibility index (Phi) is 5.90. The number of fused-ring (bicyclic) bond motifs is 1. The summed E-state index contributed by atoms with van der Waals surface area (Å²) in [5, 5.41) is 15.5. The zero-order valence-corrected chi connectivity index (χ0v) is 15.4. The van der Waals surface area contributed by atoms with Gasteiger partial charge >= 0.3 is 11.9 Å². The van der Waals surface area contributed by atoms with Crippen molar-refractivity contribution in [2.75, 3.05) is 13.7 Å². The predicted octanol–water partition coefficient (Wildman–Crippen LogP) is -0.881. The maximum Gasteiger partial charge on any atom is 0.332 e. The van der Waals surface area contributed by atoms with E-state index in [1.54, 1.807) is 6.92 Å². The minimum Gasteiger partial charge on any atom is -0.469 e. The van der Waals surface area contributed by atoms with Gasteiger partial charge in [0.05, 0.1) is 19.8 Å². The molecule has 0 aromatic heterocycles. The third-order valence-corrected chi connectivity index (χ3v) is 5.20. The van der Waals surface area contributed by atoms with E-state index < -0.39 is 41.4 Å². The summed E-state index contributed by atoms with van der Waals surface area (Å²) in [6, 6.07) is -0.854. The molecule has 0 aromatic rings. The van der Waals surface area contributed by atoms with Crippen molar-refractivity contribution in [3.05, 3.63) is 0 Å². The molecule has 2 aliphatic carbocycles. The van der Waals surface area contributed by atoms with Crippen LogP contribution in [-0.2, 0) is 28.7 Å². The molecule has 2 amide bonds. The molecule has 0 aromatic carbocycles. The van der Waals surface area contributed by atoms with E-state index in [0.29, 0.717) is 0 Å². The van der Waals surface area contributed by atoms with E-state index in [1.165, 1.54) is 21.0 Å². The smallest absolute Gasteiger partial charge is 0.332 e. The molecule has 0 heterocycles. The number of aliphatic hydroxyl groups excluding tert-OH is 1. The number of carbonyl (C=O) groups excluding carboxylic acids is 4. The topological polar surface area (TPSA) is 131 Å². The Morgan fingerprint density at radius 3 is 2.50 bits per heavy atom. The summed E-state index contributed by atoms with van der Waals surface area (Å²) >= 11 is 0. The van der Waals surface area contributed by atoms with Gasteiger partial charge in [0.15, 0.2) is 0 Å². The average Bonchev–Trinajstić information content (AvgIpc) is 3.19. The Bertz CT molecular complexity index is 608. The normalized spacial score (nSPS) is 32.8. The van der Waals surface area contributed by atoms with Crippen molar-refractivity contribution in [3.63, 3.8) is 0 Å². The van der Waals surface area contributed by atoms with E-state index in [4.69, 9.17) is 4.74 Å². The third kappa shape index (κ3) is 3.67. The fourth-order valence-corrected chi connectivity index (χ4v) is 4.12. The highest BCUT2D eigenvalue weighted by molar-refractivity contribution is 5.93. The fourth-order valence-electron chi connectivity index (χ4n) is 4.12. The van der Waals surface area contributed by atoms with Crippen molar-refractivity contribution in [3.8, 4) is 0 Å². The van der Waals surface area contributed by atoms with E-state index in [0.717, 1.165) is 0 Å². The first-order valence-corrected chi connectivity index (χ1v) is 8.69. The Labute approximate surface area is 151 Å². The summed E-state index contributed by atoms with van der Waals surface area (Å²) in [4.78, 5) is 47.9. The second-order valence-corrected chi connectivity index (χ2v) is 6.92. The zero-order chi connectivity index (χ0) is 19.6. The summed E-state index contributed by atoms with van der Waals surface area (Å²) < 4.78 is 9.82. The molecule has 2 rings (SSSR count). The van der Waals surface area contributed by atoms with Gasteiger partial charge in [0.2, 0.25) is 11.8 Å². The van der Waals surface area contributed by atoms with Crippen molar-refractivity contribution in [1.29, 1.82) is 0 Å². The van der Waals surface area contributed by atoms with Gasteiger partial charge in [-0.3, -0.25) is 14.4 Å². The lowest BCUT2D eigenvalue weighted by Gasteiger charge is -2.32. The molecular formula is C17H26N2O7. The molecule has 2 saturated carbocycles. The summed E-state index contributed by atoms with van der Waals surface area (Å²) in [6.45, 7) is 4.55. The minimum atomic E-state index is -1.41. The number of hydrogen-bond acceptors (Lipinski definition) is 7. The fraction of sp³-hybridized carbons (Fsp3) is 0.765. The van der Waals surface area contributed by atoms with Gasteiger partial charge in [0.25, 0.3) is 0 Å². The zero-order valence-electron chi connectivity index (χ0n) is 15.4. The summed E-state index contributed by atoms with van der Waals surface area (Å²) in [7, 11) is 1.27. The van der Waals surface area contributed by atoms with Gasteiger partial charge in [-0.1, -0.05) is 0 Å². The summed E-state index contributed by atoms with van der Waals surface area (Å²) in [6.07, 6.45) is -0.770. The van der Waals surface area contributed by atoms with Crippen LogP contribution in [0, 0.1) is 17.8 Å². The number of esters is 2. The SMILES string of the molecule is CCOC(=O)[C@]1(NC(=O)[C@H](C)NC(C)=O)C[C@H](O)[C@H]2[C@H](CC(=O)OC)[C@H]21. The maximum absolute atomic E-state index is 12.7. The lowest BCUT2D eigenvalue weighted by atomic mass is 9.88. The standard InChI is InChI=1S/C17H26N2O7/c1-5-26-16(24)17(19-15(23)8(2)18-9(3)20)7-11(21)13-10(14(13)17)6-12(22)25-4/h8,10-11,13-14,21H,5-7H2,1-4H3,(H,18,20)(H,19,23)/t8-,10-,11-,13+,14+,17-/m0/s1. The van der Waals surface area contributed by atoms with Gasteiger partial charge in [0.1, 0.15) is 11.6 Å². The van der Waals surface area contributed by atoms with Gasteiger partial charge in [-0.2, -0.15) is 0 Å². The van der Waals surface area contributed by atoms with E-state index >= 15 is 0 Å². The van der Waals surface area contributed by atoms with Crippen LogP contribution in [0.25, 0.3) is 0 Å². The van der Waals surface area contributed by atoms with Crippen LogP contribution in [0.1, 0.15) is 33.6 Å². The molecule has 6 atom stereocenters. The third-order valence-electron chi connectivity index (χ3n) is 5.20. The molecule has 0 saturated heterocycles. The molecule has 9 nitrogen and oxygen atoms in total. The van der Waals surface area contributed by atoms with Crippen LogP contribution in [0.3, 0.4) is 0 Å². The van der Waals surface area contributed by atoms with Crippen LogP contribution < -0.4 is 10.6 Å². The van der Waals surface area contributed by atoms with E-state index in [1.807, 2.05) is 0 Å². The quantitative estimate of drug-likeness (QED) is 0.496. The van der Waals surface area contributed by atoms with E-state index in [9.17, 15) is 24.3 Å². The number of ether oxygens (including phenoxy) is 2. The molecule has 0 radical (unpaired) electrons. The molecular weight excluding hydrogens is 344 g/mol. The minimum absolute atomic E-state index is 0.0113. The lowest BCUT2D eigenvalue weighted by Crippen LogP contribution is -2.60. The average molecular weight is 370 g/mol. The van der Waals surface area contributed by atoms with Crippen molar-refractivity contribution < 1.29 is 33.8 Å². The van der Waals surface area contributed by atoms with Gasteiger partial charge < -0.3 is 25.2 Å². The Balaban J connectivity index is 2.23. The van der Waals surface area contributed by atoms with Crippen LogP contribution in [0.15, 0.2) is 0 Å². The van der Waals surface area contributed by atoms with Crippen molar-refractivity contribution in [1.82, 2.24) is 10.6 Å². The second kappa shape index (κ2) is 7.61. The lowest BCUT2D eigenvalue weighted by molar-refractivity contribution is -0.155. The van der Waals surface area contributed by atoms with Gasteiger partial charge in [0, 0.05) is 25.7 Å². The molecule has 2 fully saturated rings. The summed E-state index contributed by atoms with van der Waals surface area (Å²) in [5.41, 5.74) is -1.41. The molecule has 0 aliphatic heterocycles. The van der Waals surface area contributed by atoms with E-state index in [2.05, 4.69) is 15.4 Å². The highest BCUT2D eigenvalue weighted by Crippen LogP contribution is 2.64. The predicted molar refractivity (Wildman–Crippen MR) is 88.5 cm³/mol. The number of rotatable bonds is 7. The first-order valence-electron chi connectivity index (χ1n) is 8.69.